The Morgan fingerprint density at radius 3 is 2.14 bits per heavy atom. The van der Waals surface area contributed by atoms with E-state index in [0.717, 1.165) is 39.2 Å². The topological polar surface area (TPSA) is 12.4 Å². The van der Waals surface area contributed by atoms with Crippen LogP contribution in [0.15, 0.2) is 181 Å². The zero-order valence-corrected chi connectivity index (χ0v) is 25.3. The van der Waals surface area contributed by atoms with E-state index in [1.54, 1.807) is 0 Å². The molecule has 0 N–H and O–H groups in total. The lowest BCUT2D eigenvalue weighted by atomic mass is 9.76. The molecule has 0 saturated carbocycles. The van der Waals surface area contributed by atoms with E-state index >= 15 is 0 Å². The van der Waals surface area contributed by atoms with Gasteiger partial charge in [-0.15, -0.1) is 5.73 Å². The van der Waals surface area contributed by atoms with E-state index in [-0.39, 0.29) is 0 Å². The molecule has 214 valence electrons. The zero-order valence-electron chi connectivity index (χ0n) is 25.3. The summed E-state index contributed by atoms with van der Waals surface area (Å²) >= 11 is 0. The number of rotatable bonds is 8. The fraction of sp³-hybridized carbons (Fsp3) is 0.116. The van der Waals surface area contributed by atoms with Gasteiger partial charge < -0.3 is 0 Å². The summed E-state index contributed by atoms with van der Waals surface area (Å²) in [5.74, 6) is 0.989. The number of aliphatic imine (C=N–C) groups is 1. The largest absolute Gasteiger partial charge is 0.252 e. The van der Waals surface area contributed by atoms with Crippen LogP contribution in [0.4, 0.5) is 0 Å². The first-order chi connectivity index (χ1) is 21.6. The third-order valence-electron chi connectivity index (χ3n) is 8.56. The number of hydrogen-bond acceptors (Lipinski definition) is 1. The first-order valence-electron chi connectivity index (χ1n) is 15.3. The summed E-state index contributed by atoms with van der Waals surface area (Å²) < 4.78 is 0. The van der Waals surface area contributed by atoms with E-state index in [0.29, 0.717) is 11.8 Å². The van der Waals surface area contributed by atoms with Crippen LogP contribution in [-0.2, 0) is 0 Å². The standard InChI is InChI=1S/C43H37N/c1-4-40(35-16-7-5-8-17-35)31(2)29-43(37-18-9-6-10-19-37)44-32(3)33-23-26-36(27-24-33)41-21-13-14-22-42(41)39-28-25-34-15-11-12-20-38(34)30-39/h5-24,26-27,29-30,34,39H,1-2,25,28H2,3H3/b43-29-,44-32+. The molecule has 2 unspecified atom stereocenters. The lowest BCUT2D eigenvalue weighted by molar-refractivity contribution is 0.562. The van der Waals surface area contributed by atoms with Gasteiger partial charge >= 0.3 is 0 Å². The molecule has 2 atom stereocenters. The van der Waals surface area contributed by atoms with Gasteiger partial charge in [0.05, 0.1) is 5.70 Å². The molecule has 0 aliphatic heterocycles. The van der Waals surface area contributed by atoms with Crippen molar-refractivity contribution in [3.05, 3.63) is 198 Å². The quantitative estimate of drug-likeness (QED) is 0.114. The third-order valence-corrected chi connectivity index (χ3v) is 8.56. The molecular formula is C43H37N. The van der Waals surface area contributed by atoms with Gasteiger partial charge in [-0.3, -0.25) is 4.99 Å². The summed E-state index contributed by atoms with van der Waals surface area (Å²) in [6.07, 6.45) is 15.8. The van der Waals surface area contributed by atoms with Gasteiger partial charge in [-0.2, -0.15) is 0 Å². The van der Waals surface area contributed by atoms with Gasteiger partial charge in [0, 0.05) is 28.7 Å². The molecule has 6 rings (SSSR count). The molecule has 0 spiro atoms. The van der Waals surface area contributed by atoms with Crippen LogP contribution in [0.5, 0.6) is 0 Å². The molecule has 4 aromatic carbocycles. The summed E-state index contributed by atoms with van der Waals surface area (Å²) in [5.41, 5.74) is 15.1. The molecular weight excluding hydrogens is 530 g/mol. The zero-order chi connectivity index (χ0) is 30.3. The van der Waals surface area contributed by atoms with E-state index in [2.05, 4.69) is 129 Å². The Morgan fingerprint density at radius 1 is 0.750 bits per heavy atom. The molecule has 44 heavy (non-hydrogen) atoms. The van der Waals surface area contributed by atoms with Crippen molar-refractivity contribution >= 4 is 17.0 Å². The van der Waals surface area contributed by atoms with Gasteiger partial charge in [0.2, 0.25) is 0 Å². The van der Waals surface area contributed by atoms with E-state index < -0.39 is 0 Å². The maximum Gasteiger partial charge on any atom is 0.0711 e. The molecule has 1 heteroatoms. The van der Waals surface area contributed by atoms with Crippen molar-refractivity contribution in [2.75, 3.05) is 0 Å². The highest BCUT2D eigenvalue weighted by molar-refractivity contribution is 6.02. The van der Waals surface area contributed by atoms with E-state index in [1.165, 1.54) is 35.1 Å². The molecule has 0 saturated heterocycles. The van der Waals surface area contributed by atoms with Crippen molar-refractivity contribution in [2.45, 2.75) is 25.7 Å². The van der Waals surface area contributed by atoms with Crippen LogP contribution in [0.1, 0.15) is 47.9 Å². The van der Waals surface area contributed by atoms with Crippen LogP contribution in [0.3, 0.4) is 0 Å². The molecule has 0 aromatic heterocycles. The Bertz CT molecular complexity index is 1850. The first kappa shape index (κ1) is 28.9. The smallest absolute Gasteiger partial charge is 0.0711 e. The second-order valence-corrected chi connectivity index (χ2v) is 11.4. The predicted molar refractivity (Wildman–Crippen MR) is 188 cm³/mol. The van der Waals surface area contributed by atoms with Crippen molar-refractivity contribution in [3.8, 4) is 11.1 Å². The fourth-order valence-corrected chi connectivity index (χ4v) is 6.21. The minimum Gasteiger partial charge on any atom is -0.252 e. The molecule has 2 aliphatic carbocycles. The highest BCUT2D eigenvalue weighted by Gasteiger charge is 2.23. The predicted octanol–water partition coefficient (Wildman–Crippen LogP) is 11.2. The number of fused-ring (bicyclic) bond motifs is 1. The molecule has 0 bridgehead atoms. The van der Waals surface area contributed by atoms with E-state index in [1.807, 2.05) is 42.5 Å². The highest BCUT2D eigenvalue weighted by Crippen LogP contribution is 2.40. The van der Waals surface area contributed by atoms with E-state index in [4.69, 9.17) is 4.99 Å². The number of nitrogens with zero attached hydrogens (tertiary/aromatic N) is 1. The van der Waals surface area contributed by atoms with Crippen LogP contribution >= 0.6 is 0 Å². The number of hydrogen-bond donors (Lipinski definition) is 0. The average molecular weight is 568 g/mol. The van der Waals surface area contributed by atoms with Gasteiger partial charge in [-0.05, 0) is 64.8 Å². The van der Waals surface area contributed by atoms with Gasteiger partial charge in [0.25, 0.3) is 0 Å². The highest BCUT2D eigenvalue weighted by atomic mass is 14.8. The Kier molecular flexibility index (Phi) is 8.78. The van der Waals surface area contributed by atoms with Gasteiger partial charge in [-0.1, -0.05) is 153 Å². The van der Waals surface area contributed by atoms with Crippen LogP contribution < -0.4 is 0 Å². The van der Waals surface area contributed by atoms with Gasteiger partial charge in [0.1, 0.15) is 0 Å². The van der Waals surface area contributed by atoms with E-state index in [9.17, 15) is 0 Å². The fourth-order valence-electron chi connectivity index (χ4n) is 6.21. The van der Waals surface area contributed by atoms with Crippen LogP contribution in [0.25, 0.3) is 22.4 Å². The van der Waals surface area contributed by atoms with Gasteiger partial charge in [-0.25, -0.2) is 0 Å². The number of benzene rings is 4. The van der Waals surface area contributed by atoms with Crippen molar-refractivity contribution in [2.24, 2.45) is 10.9 Å². The average Bonchev–Trinajstić information content (AvgIpc) is 3.09. The Morgan fingerprint density at radius 2 is 1.41 bits per heavy atom. The van der Waals surface area contributed by atoms with Gasteiger partial charge in [0.15, 0.2) is 0 Å². The summed E-state index contributed by atoms with van der Waals surface area (Å²) in [6, 6.07) is 38.1. The normalized spacial score (nSPS) is 17.8. The summed E-state index contributed by atoms with van der Waals surface area (Å²) in [5, 5.41) is 0. The molecule has 2 aliphatic rings. The van der Waals surface area contributed by atoms with Crippen LogP contribution in [0, 0.1) is 5.92 Å². The van der Waals surface area contributed by atoms with Crippen molar-refractivity contribution in [1.29, 1.82) is 0 Å². The van der Waals surface area contributed by atoms with Crippen molar-refractivity contribution < 1.29 is 0 Å². The molecule has 0 heterocycles. The van der Waals surface area contributed by atoms with Crippen molar-refractivity contribution in [3.63, 3.8) is 0 Å². The minimum absolute atomic E-state index is 0.425. The molecule has 1 nitrogen and oxygen atoms in total. The maximum atomic E-state index is 5.13. The summed E-state index contributed by atoms with van der Waals surface area (Å²) in [7, 11) is 0. The third kappa shape index (κ3) is 6.40. The minimum atomic E-state index is 0.425. The molecule has 4 aromatic rings. The van der Waals surface area contributed by atoms with Crippen molar-refractivity contribution in [1.82, 2.24) is 0 Å². The Labute approximate surface area is 262 Å². The second-order valence-electron chi connectivity index (χ2n) is 11.4. The SMILES string of the molecule is C=C=C(C(=C)/C=C(\N=C(/C)c1ccc(-c2ccccc2C2C=C3C=CC=CC3CC2)cc1)c1ccccc1)c1ccccc1. The maximum absolute atomic E-state index is 5.13. The summed E-state index contributed by atoms with van der Waals surface area (Å²) in [4.78, 5) is 5.13. The Balaban J connectivity index is 1.30. The molecule has 0 amide bonds. The lowest BCUT2D eigenvalue weighted by Gasteiger charge is -2.28. The summed E-state index contributed by atoms with van der Waals surface area (Å²) in [6.45, 7) is 10.4. The second kappa shape index (κ2) is 13.4. The van der Waals surface area contributed by atoms with Crippen LogP contribution in [-0.4, -0.2) is 5.71 Å². The Hall–Kier alpha value is -5.23. The molecule has 0 radical (unpaired) electrons. The lowest BCUT2D eigenvalue weighted by Crippen LogP contribution is -2.12. The first-order valence-corrected chi connectivity index (χ1v) is 15.3. The monoisotopic (exact) mass is 567 g/mol. The molecule has 0 fully saturated rings. The number of allylic oxidation sites excluding steroid dienone is 9. The van der Waals surface area contributed by atoms with Crippen LogP contribution in [0.2, 0.25) is 0 Å².